The molecule has 3 saturated carbocycles. The molecule has 12 atom stereocenters. The van der Waals surface area contributed by atoms with E-state index in [0.717, 1.165) is 44.9 Å². The van der Waals surface area contributed by atoms with Crippen LogP contribution in [0.25, 0.3) is 0 Å². The highest BCUT2D eigenvalue weighted by Crippen LogP contribution is 2.66. The molecular formula is C31H44O7. The third-order valence-electron chi connectivity index (χ3n) is 11.6. The van der Waals surface area contributed by atoms with Crippen LogP contribution in [0.3, 0.4) is 0 Å². The van der Waals surface area contributed by atoms with Crippen molar-refractivity contribution in [2.45, 2.75) is 96.9 Å². The maximum atomic E-state index is 13.9. The lowest BCUT2D eigenvalue weighted by atomic mass is 9.43. The van der Waals surface area contributed by atoms with Crippen molar-refractivity contribution in [3.8, 4) is 0 Å². The van der Waals surface area contributed by atoms with Crippen LogP contribution in [0.1, 0.15) is 72.6 Å². The van der Waals surface area contributed by atoms with E-state index in [2.05, 4.69) is 13.8 Å². The van der Waals surface area contributed by atoms with Crippen LogP contribution in [0.2, 0.25) is 0 Å². The third-order valence-corrected chi connectivity index (χ3v) is 11.6. The summed E-state index contributed by atoms with van der Waals surface area (Å²) in [5.41, 5.74) is 1.15. The summed E-state index contributed by atoms with van der Waals surface area (Å²) in [6.07, 6.45) is 8.43. The van der Waals surface area contributed by atoms with Gasteiger partial charge in [0.25, 0.3) is 0 Å². The number of ether oxygens (including phenoxy) is 4. The van der Waals surface area contributed by atoms with Gasteiger partial charge in [-0.25, -0.2) is 0 Å². The number of carboxylic acids is 1. The molecule has 7 nitrogen and oxygen atoms in total. The molecule has 6 fully saturated rings. The number of rotatable bonds is 3. The summed E-state index contributed by atoms with van der Waals surface area (Å²) in [6, 6.07) is 0. The van der Waals surface area contributed by atoms with E-state index >= 15 is 0 Å². The molecule has 7 rings (SSSR count). The lowest BCUT2D eigenvalue weighted by molar-refractivity contribution is -0.274. The van der Waals surface area contributed by atoms with Crippen molar-refractivity contribution in [1.29, 1.82) is 0 Å². The number of fused-ring (bicyclic) bond motifs is 6. The highest BCUT2D eigenvalue weighted by atomic mass is 16.8. The SMILES string of the molecule is CC(C)CC1CCC2C3CCC4C5COC[C@@]4(C[C@H]4C[C@H]6OC(C)(C)O[C@@H]6O[C@H]54)C3=CC(=O)C2C1C(=O)O. The van der Waals surface area contributed by atoms with Crippen LogP contribution >= 0.6 is 0 Å². The standard InChI is InChI=1S/C31H44O7/c1-15(2)9-16-5-6-19-18-7-8-21-20-13-35-14-31(21,22(18)11-23(32)26(19)25(16)28(33)34)12-17-10-24-29(36-27(17)20)38-30(3,4)37-24/h11,15-21,24-27,29H,5-10,12-14H2,1-4H3,(H,33,34)/t16?,17-,18?,19?,20?,21?,24-,25?,26?,27+,29+,31-/m1/s1. The van der Waals surface area contributed by atoms with Crippen molar-refractivity contribution in [3.63, 3.8) is 0 Å². The number of allylic oxidation sites excluding steroid dienone is 1. The molecule has 38 heavy (non-hydrogen) atoms. The maximum Gasteiger partial charge on any atom is 0.307 e. The van der Waals surface area contributed by atoms with Gasteiger partial charge < -0.3 is 24.1 Å². The van der Waals surface area contributed by atoms with Crippen molar-refractivity contribution >= 4 is 11.8 Å². The third kappa shape index (κ3) is 3.74. The minimum Gasteiger partial charge on any atom is -0.481 e. The second-order valence-electron chi connectivity index (χ2n) is 14.5. The van der Waals surface area contributed by atoms with Gasteiger partial charge in [0.1, 0.15) is 6.10 Å². The van der Waals surface area contributed by atoms with Gasteiger partial charge in [0.2, 0.25) is 0 Å². The quantitative estimate of drug-likeness (QED) is 0.561. The molecule has 2 bridgehead atoms. The zero-order valence-electron chi connectivity index (χ0n) is 23.3. The van der Waals surface area contributed by atoms with E-state index in [4.69, 9.17) is 18.9 Å². The highest BCUT2D eigenvalue weighted by Gasteiger charge is 2.65. The van der Waals surface area contributed by atoms with E-state index in [1.54, 1.807) is 0 Å². The average Bonchev–Trinajstić information content (AvgIpc) is 3.14. The van der Waals surface area contributed by atoms with Crippen molar-refractivity contribution in [2.24, 2.45) is 58.7 Å². The molecule has 3 saturated heterocycles. The second kappa shape index (κ2) is 8.86. The van der Waals surface area contributed by atoms with Gasteiger partial charge in [0.05, 0.1) is 25.2 Å². The smallest absolute Gasteiger partial charge is 0.307 e. The largest absolute Gasteiger partial charge is 0.481 e. The van der Waals surface area contributed by atoms with Crippen molar-refractivity contribution in [3.05, 3.63) is 11.6 Å². The first-order chi connectivity index (χ1) is 18.1. The normalized spacial score (nSPS) is 50.7. The Labute approximate surface area is 226 Å². The number of ketones is 1. The Morgan fingerprint density at radius 3 is 2.71 bits per heavy atom. The number of carboxylic acid groups (broad SMARTS) is 1. The van der Waals surface area contributed by atoms with Gasteiger partial charge in [-0.15, -0.1) is 0 Å². The highest BCUT2D eigenvalue weighted by molar-refractivity contribution is 5.97. The van der Waals surface area contributed by atoms with E-state index in [9.17, 15) is 14.7 Å². The Bertz CT molecular complexity index is 1030. The van der Waals surface area contributed by atoms with Crippen LogP contribution in [0.5, 0.6) is 0 Å². The lowest BCUT2D eigenvalue weighted by Gasteiger charge is -2.64. The van der Waals surface area contributed by atoms with Gasteiger partial charge in [-0.2, -0.15) is 0 Å². The Hall–Kier alpha value is -1.28. The fourth-order valence-electron chi connectivity index (χ4n) is 10.6. The Morgan fingerprint density at radius 2 is 1.95 bits per heavy atom. The molecule has 1 N–H and O–H groups in total. The molecule has 7 aliphatic rings. The summed E-state index contributed by atoms with van der Waals surface area (Å²) < 4.78 is 25.3. The van der Waals surface area contributed by atoms with Gasteiger partial charge in [0, 0.05) is 17.3 Å². The maximum absolute atomic E-state index is 13.9. The number of aliphatic carboxylic acids is 1. The molecule has 0 aromatic carbocycles. The average molecular weight is 529 g/mol. The molecular weight excluding hydrogens is 484 g/mol. The lowest BCUT2D eigenvalue weighted by Crippen LogP contribution is -2.64. The first-order valence-corrected chi connectivity index (χ1v) is 15.2. The summed E-state index contributed by atoms with van der Waals surface area (Å²) in [4.78, 5) is 26.5. The first-order valence-electron chi connectivity index (χ1n) is 15.2. The van der Waals surface area contributed by atoms with E-state index in [1.807, 2.05) is 19.9 Å². The monoisotopic (exact) mass is 528 g/mol. The van der Waals surface area contributed by atoms with Gasteiger partial charge in [-0.05, 0) is 100 Å². The molecule has 0 aromatic heterocycles. The van der Waals surface area contributed by atoms with Crippen LogP contribution < -0.4 is 0 Å². The van der Waals surface area contributed by atoms with Crippen LogP contribution in [0.15, 0.2) is 11.6 Å². The minimum atomic E-state index is -0.778. The molecule has 3 aliphatic heterocycles. The van der Waals surface area contributed by atoms with E-state index in [1.165, 1.54) is 5.57 Å². The number of carbonyl (C=O) groups excluding carboxylic acids is 1. The zero-order chi connectivity index (χ0) is 26.6. The Balaban J connectivity index is 1.22. The van der Waals surface area contributed by atoms with Gasteiger partial charge in [-0.3, -0.25) is 9.59 Å². The number of hydrogen-bond donors (Lipinski definition) is 1. The fourth-order valence-corrected chi connectivity index (χ4v) is 10.6. The van der Waals surface area contributed by atoms with Crippen molar-refractivity contribution < 1.29 is 33.6 Å². The van der Waals surface area contributed by atoms with Gasteiger partial charge in [0.15, 0.2) is 17.9 Å². The van der Waals surface area contributed by atoms with Gasteiger partial charge >= 0.3 is 5.97 Å². The number of hydrogen-bond acceptors (Lipinski definition) is 6. The Morgan fingerprint density at radius 1 is 1.13 bits per heavy atom. The number of carbonyl (C=O) groups is 2. The summed E-state index contributed by atoms with van der Waals surface area (Å²) in [5, 5.41) is 10.3. The first kappa shape index (κ1) is 25.7. The predicted molar refractivity (Wildman–Crippen MR) is 138 cm³/mol. The summed E-state index contributed by atoms with van der Waals surface area (Å²) in [6.45, 7) is 9.59. The van der Waals surface area contributed by atoms with E-state index < -0.39 is 17.7 Å². The molecule has 0 spiro atoms. The fraction of sp³-hybridized carbons (Fsp3) is 0.871. The topological polar surface area (TPSA) is 91.3 Å². The minimum absolute atomic E-state index is 0.0564. The molecule has 7 unspecified atom stereocenters. The second-order valence-corrected chi connectivity index (χ2v) is 14.5. The molecule has 7 heteroatoms. The molecule has 0 amide bonds. The predicted octanol–water partition coefficient (Wildman–Crippen LogP) is 4.83. The van der Waals surface area contributed by atoms with Gasteiger partial charge in [-0.1, -0.05) is 19.4 Å². The summed E-state index contributed by atoms with van der Waals surface area (Å²) >= 11 is 0. The Kier molecular flexibility index (Phi) is 5.98. The molecule has 210 valence electrons. The molecule has 4 aliphatic carbocycles. The van der Waals surface area contributed by atoms with E-state index in [0.29, 0.717) is 36.9 Å². The van der Waals surface area contributed by atoms with Crippen LogP contribution in [0, 0.1) is 58.7 Å². The van der Waals surface area contributed by atoms with Crippen molar-refractivity contribution in [2.75, 3.05) is 13.2 Å². The molecule has 3 heterocycles. The van der Waals surface area contributed by atoms with Crippen LogP contribution in [-0.2, 0) is 28.5 Å². The van der Waals surface area contributed by atoms with Crippen LogP contribution in [-0.4, -0.2) is 54.4 Å². The van der Waals surface area contributed by atoms with Crippen molar-refractivity contribution in [1.82, 2.24) is 0 Å². The molecule has 0 radical (unpaired) electrons. The molecule has 0 aromatic rings. The summed E-state index contributed by atoms with van der Waals surface area (Å²) in [7, 11) is 0. The summed E-state index contributed by atoms with van der Waals surface area (Å²) in [5.74, 6) is -0.267. The van der Waals surface area contributed by atoms with Crippen LogP contribution in [0.4, 0.5) is 0 Å². The zero-order valence-corrected chi connectivity index (χ0v) is 23.3. The van der Waals surface area contributed by atoms with E-state index in [-0.39, 0.29) is 53.4 Å².